The number of ether oxygens (including phenoxy) is 1. The third-order valence-corrected chi connectivity index (χ3v) is 5.11. The van der Waals surface area contributed by atoms with Gasteiger partial charge in [0, 0.05) is 4.47 Å². The smallest absolute Gasteiger partial charge is 0.349 e. The number of aromatic nitrogens is 1. The third-order valence-electron chi connectivity index (χ3n) is 1.98. The van der Waals surface area contributed by atoms with Gasteiger partial charge in [0.05, 0.1) is 17.7 Å². The minimum absolute atomic E-state index is 0.325. The van der Waals surface area contributed by atoms with Crippen LogP contribution in [0.4, 0.5) is 0 Å². The molecule has 0 atom stereocenters. The molecule has 0 N–H and O–H groups in total. The maximum absolute atomic E-state index is 11.4. The summed E-state index contributed by atoms with van der Waals surface area (Å²) >= 11 is 6.40. The van der Waals surface area contributed by atoms with Gasteiger partial charge in [-0.1, -0.05) is 0 Å². The number of nitrogens with zero attached hydrogens (tertiary/aromatic N) is 1. The SMILES string of the molecule is COC(=O)c1sc(-c2sccc2Br)nc1C. The Bertz CT molecular complexity index is 533. The zero-order valence-corrected chi connectivity index (χ0v) is 11.8. The van der Waals surface area contributed by atoms with Crippen molar-refractivity contribution in [3.8, 4) is 9.88 Å². The van der Waals surface area contributed by atoms with E-state index < -0.39 is 0 Å². The van der Waals surface area contributed by atoms with Crippen LogP contribution in [0.2, 0.25) is 0 Å². The molecule has 16 heavy (non-hydrogen) atoms. The van der Waals surface area contributed by atoms with E-state index in [-0.39, 0.29) is 5.97 Å². The number of aryl methyl sites for hydroxylation is 1. The van der Waals surface area contributed by atoms with Crippen LogP contribution in [0.15, 0.2) is 15.9 Å². The largest absolute Gasteiger partial charge is 0.465 e. The Morgan fingerprint density at radius 3 is 2.88 bits per heavy atom. The molecule has 6 heteroatoms. The quantitative estimate of drug-likeness (QED) is 0.792. The zero-order valence-electron chi connectivity index (χ0n) is 8.61. The van der Waals surface area contributed by atoms with Gasteiger partial charge >= 0.3 is 5.97 Å². The van der Waals surface area contributed by atoms with Crippen LogP contribution in [0, 0.1) is 6.92 Å². The summed E-state index contributed by atoms with van der Waals surface area (Å²) in [5.41, 5.74) is 0.715. The highest BCUT2D eigenvalue weighted by Crippen LogP contribution is 2.37. The lowest BCUT2D eigenvalue weighted by molar-refractivity contribution is 0.0605. The summed E-state index contributed by atoms with van der Waals surface area (Å²) in [7, 11) is 1.38. The topological polar surface area (TPSA) is 39.2 Å². The number of thiophene rings is 1. The zero-order chi connectivity index (χ0) is 11.7. The number of thiazole rings is 1. The fraction of sp³-hybridized carbons (Fsp3) is 0.200. The molecule has 0 spiro atoms. The Hall–Kier alpha value is -0.720. The number of hydrogen-bond acceptors (Lipinski definition) is 5. The van der Waals surface area contributed by atoms with Gasteiger partial charge in [-0.2, -0.15) is 0 Å². The van der Waals surface area contributed by atoms with Gasteiger partial charge < -0.3 is 4.74 Å². The lowest BCUT2D eigenvalue weighted by Gasteiger charge is -1.93. The first-order valence-electron chi connectivity index (χ1n) is 4.42. The monoisotopic (exact) mass is 317 g/mol. The average molecular weight is 318 g/mol. The first-order valence-corrected chi connectivity index (χ1v) is 6.91. The summed E-state index contributed by atoms with van der Waals surface area (Å²) in [5.74, 6) is -0.325. The molecule has 2 aromatic rings. The van der Waals surface area contributed by atoms with E-state index in [9.17, 15) is 4.79 Å². The van der Waals surface area contributed by atoms with E-state index in [1.165, 1.54) is 18.4 Å². The third kappa shape index (κ3) is 2.05. The van der Waals surface area contributed by atoms with Crippen LogP contribution in [0.25, 0.3) is 9.88 Å². The minimum atomic E-state index is -0.325. The first-order chi connectivity index (χ1) is 7.63. The molecule has 0 aliphatic heterocycles. The summed E-state index contributed by atoms with van der Waals surface area (Å²) in [5, 5.41) is 2.83. The van der Waals surface area contributed by atoms with E-state index in [2.05, 4.69) is 20.9 Å². The second-order valence-electron chi connectivity index (χ2n) is 3.02. The van der Waals surface area contributed by atoms with Gasteiger partial charge in [-0.05, 0) is 34.3 Å². The summed E-state index contributed by atoms with van der Waals surface area (Å²) in [6.45, 7) is 1.81. The maximum Gasteiger partial charge on any atom is 0.349 e. The van der Waals surface area contributed by atoms with Crippen molar-refractivity contribution in [3.63, 3.8) is 0 Å². The van der Waals surface area contributed by atoms with Gasteiger partial charge in [-0.3, -0.25) is 0 Å². The molecule has 0 radical (unpaired) electrons. The molecular formula is C10H8BrNO2S2. The summed E-state index contributed by atoms with van der Waals surface area (Å²) in [4.78, 5) is 17.4. The number of carbonyl (C=O) groups is 1. The second kappa shape index (κ2) is 4.65. The standard InChI is InChI=1S/C10H8BrNO2S2/c1-5-7(10(13)14-2)16-9(12-5)8-6(11)3-4-15-8/h3-4H,1-2H3. The van der Waals surface area contributed by atoms with Crippen LogP contribution >= 0.6 is 38.6 Å². The average Bonchev–Trinajstić information content (AvgIpc) is 2.83. The Morgan fingerprint density at radius 2 is 2.31 bits per heavy atom. The van der Waals surface area contributed by atoms with Gasteiger partial charge in [0.2, 0.25) is 0 Å². The number of carbonyl (C=O) groups excluding carboxylic acids is 1. The molecular weight excluding hydrogens is 310 g/mol. The normalized spacial score (nSPS) is 10.4. The molecule has 2 aromatic heterocycles. The molecule has 0 aliphatic carbocycles. The molecule has 2 heterocycles. The van der Waals surface area contributed by atoms with E-state index in [0.717, 1.165) is 14.4 Å². The number of halogens is 1. The summed E-state index contributed by atoms with van der Waals surface area (Å²) in [6, 6.07) is 1.97. The number of esters is 1. The van der Waals surface area contributed by atoms with Crippen molar-refractivity contribution < 1.29 is 9.53 Å². The van der Waals surface area contributed by atoms with Crippen LogP contribution in [0.5, 0.6) is 0 Å². The molecule has 0 aromatic carbocycles. The van der Waals surface area contributed by atoms with Gasteiger partial charge in [-0.25, -0.2) is 9.78 Å². The van der Waals surface area contributed by atoms with Crippen LogP contribution in [-0.4, -0.2) is 18.1 Å². The first kappa shape index (κ1) is 11.8. The van der Waals surface area contributed by atoms with Crippen molar-refractivity contribution in [2.75, 3.05) is 7.11 Å². The Labute approximate surface area is 109 Å². The van der Waals surface area contributed by atoms with Crippen LogP contribution < -0.4 is 0 Å². The predicted molar refractivity (Wildman–Crippen MR) is 69.2 cm³/mol. The van der Waals surface area contributed by atoms with Crippen molar-refractivity contribution in [1.29, 1.82) is 0 Å². The number of rotatable bonds is 2. The summed E-state index contributed by atoms with van der Waals surface area (Å²) in [6.07, 6.45) is 0. The van der Waals surface area contributed by atoms with Gasteiger partial charge in [-0.15, -0.1) is 22.7 Å². The molecule has 0 unspecified atom stereocenters. The fourth-order valence-electron chi connectivity index (χ4n) is 1.22. The summed E-state index contributed by atoms with van der Waals surface area (Å²) < 4.78 is 5.70. The molecule has 0 saturated heterocycles. The van der Waals surface area contributed by atoms with Crippen LogP contribution in [-0.2, 0) is 4.74 Å². The second-order valence-corrected chi connectivity index (χ2v) is 5.79. The molecule has 3 nitrogen and oxygen atoms in total. The van der Waals surface area contributed by atoms with Gasteiger partial charge in [0.25, 0.3) is 0 Å². The van der Waals surface area contributed by atoms with Crippen LogP contribution in [0.1, 0.15) is 15.4 Å². The van der Waals surface area contributed by atoms with Crippen LogP contribution in [0.3, 0.4) is 0 Å². The van der Waals surface area contributed by atoms with Crippen molar-refractivity contribution in [2.24, 2.45) is 0 Å². The van der Waals surface area contributed by atoms with Gasteiger partial charge in [0.1, 0.15) is 9.88 Å². The van der Waals surface area contributed by atoms with E-state index in [0.29, 0.717) is 10.6 Å². The lowest BCUT2D eigenvalue weighted by Crippen LogP contribution is -1.99. The van der Waals surface area contributed by atoms with E-state index in [4.69, 9.17) is 4.74 Å². The molecule has 84 valence electrons. The van der Waals surface area contributed by atoms with E-state index in [1.807, 2.05) is 18.4 Å². The Balaban J connectivity index is 2.46. The predicted octanol–water partition coefficient (Wildman–Crippen LogP) is 3.73. The number of hydrogen-bond donors (Lipinski definition) is 0. The molecule has 0 saturated carbocycles. The van der Waals surface area contributed by atoms with Crippen molar-refractivity contribution >= 4 is 44.6 Å². The Morgan fingerprint density at radius 1 is 1.56 bits per heavy atom. The molecule has 2 rings (SSSR count). The lowest BCUT2D eigenvalue weighted by atomic mass is 10.4. The minimum Gasteiger partial charge on any atom is -0.465 e. The maximum atomic E-state index is 11.4. The highest BCUT2D eigenvalue weighted by atomic mass is 79.9. The van der Waals surface area contributed by atoms with Crippen molar-refractivity contribution in [3.05, 3.63) is 26.5 Å². The van der Waals surface area contributed by atoms with Crippen molar-refractivity contribution in [1.82, 2.24) is 4.98 Å². The van der Waals surface area contributed by atoms with E-state index in [1.54, 1.807) is 11.3 Å². The molecule has 0 bridgehead atoms. The highest BCUT2D eigenvalue weighted by Gasteiger charge is 2.18. The molecule has 0 fully saturated rings. The Kier molecular flexibility index (Phi) is 3.41. The van der Waals surface area contributed by atoms with Gasteiger partial charge in [0.15, 0.2) is 0 Å². The molecule has 0 aliphatic rings. The number of methoxy groups -OCH3 is 1. The highest BCUT2D eigenvalue weighted by molar-refractivity contribution is 9.10. The fourth-order valence-corrected chi connectivity index (χ4v) is 4.00. The van der Waals surface area contributed by atoms with Crippen molar-refractivity contribution in [2.45, 2.75) is 6.92 Å². The molecule has 0 amide bonds. The van der Waals surface area contributed by atoms with E-state index >= 15 is 0 Å².